The Bertz CT molecular complexity index is 1320. The first-order valence-corrected chi connectivity index (χ1v) is 11.5. The van der Waals surface area contributed by atoms with Gasteiger partial charge in [0.25, 0.3) is 0 Å². The zero-order chi connectivity index (χ0) is 25.5. The standard InChI is InChI=1S/C22H23FN6O7/c1-8-6-28-14-10(4-22(16(28)9(2)35-8)18(30)25-20(32)26-19(22)31)3-12-15(13(14)23)36-27-17(12)29-11(5-24)7-34-21(29)33/h3,8-9,11,16H,4-7,24H2,1-2H3,(H2,25,26,30,31,32)/t8-,9+,11+,16-/m1/s1. The van der Waals surface area contributed by atoms with Gasteiger partial charge < -0.3 is 24.6 Å². The molecule has 0 unspecified atom stereocenters. The van der Waals surface area contributed by atoms with Gasteiger partial charge in [0.1, 0.15) is 6.61 Å². The van der Waals surface area contributed by atoms with Crippen molar-refractivity contribution in [2.45, 2.75) is 44.6 Å². The number of cyclic esters (lactones) is 1. The van der Waals surface area contributed by atoms with Gasteiger partial charge in [-0.05, 0) is 25.5 Å². The van der Waals surface area contributed by atoms with Gasteiger partial charge >= 0.3 is 12.1 Å². The molecule has 1 aromatic carbocycles. The molecule has 0 radical (unpaired) electrons. The molecule has 1 aromatic heterocycles. The van der Waals surface area contributed by atoms with Crippen LogP contribution in [-0.2, 0) is 25.5 Å². The number of morpholine rings is 1. The number of anilines is 2. The van der Waals surface area contributed by atoms with Crippen molar-refractivity contribution >= 4 is 46.4 Å². The molecule has 1 spiro atoms. The molecule has 0 aliphatic carbocycles. The van der Waals surface area contributed by atoms with Crippen molar-refractivity contribution in [1.29, 1.82) is 0 Å². The van der Waals surface area contributed by atoms with E-state index in [4.69, 9.17) is 19.7 Å². The van der Waals surface area contributed by atoms with Crippen LogP contribution in [0, 0.1) is 11.2 Å². The van der Waals surface area contributed by atoms with Crippen LogP contribution >= 0.6 is 0 Å². The minimum absolute atomic E-state index is 0.0252. The molecule has 4 atom stereocenters. The first kappa shape index (κ1) is 22.7. The maximum absolute atomic E-state index is 16.1. The number of hydrogen-bond acceptors (Lipinski definition) is 10. The number of fused-ring (bicyclic) bond motifs is 5. The van der Waals surface area contributed by atoms with E-state index in [0.717, 1.165) is 0 Å². The molecule has 5 amide bonds. The van der Waals surface area contributed by atoms with Gasteiger partial charge in [0, 0.05) is 19.5 Å². The summed E-state index contributed by atoms with van der Waals surface area (Å²) in [5.74, 6) is -2.30. The lowest BCUT2D eigenvalue weighted by Gasteiger charge is -2.55. The Balaban J connectivity index is 1.57. The highest BCUT2D eigenvalue weighted by atomic mass is 19.1. The highest BCUT2D eigenvalue weighted by Gasteiger charge is 2.63. The van der Waals surface area contributed by atoms with Crippen molar-refractivity contribution in [2.24, 2.45) is 11.1 Å². The highest BCUT2D eigenvalue weighted by Crippen LogP contribution is 2.49. The molecule has 5 heterocycles. The monoisotopic (exact) mass is 502 g/mol. The number of nitrogens with one attached hydrogen (secondary N) is 2. The quantitative estimate of drug-likeness (QED) is 0.480. The summed E-state index contributed by atoms with van der Waals surface area (Å²) in [5, 5.41) is 8.49. The Morgan fingerprint density at radius 2 is 1.94 bits per heavy atom. The summed E-state index contributed by atoms with van der Waals surface area (Å²) in [7, 11) is 0. The minimum atomic E-state index is -1.77. The lowest BCUT2D eigenvalue weighted by atomic mass is 9.66. The van der Waals surface area contributed by atoms with Crippen LogP contribution in [0.4, 0.5) is 25.5 Å². The smallest absolute Gasteiger partial charge is 0.416 e. The van der Waals surface area contributed by atoms with E-state index in [-0.39, 0.29) is 54.7 Å². The average molecular weight is 502 g/mol. The second-order valence-corrected chi connectivity index (χ2v) is 9.55. The van der Waals surface area contributed by atoms with E-state index in [1.165, 1.54) is 4.90 Å². The van der Waals surface area contributed by atoms with Crippen molar-refractivity contribution < 1.29 is 37.6 Å². The van der Waals surface area contributed by atoms with E-state index in [9.17, 15) is 19.2 Å². The lowest BCUT2D eigenvalue weighted by molar-refractivity contribution is -0.153. The van der Waals surface area contributed by atoms with Crippen molar-refractivity contribution in [3.8, 4) is 0 Å². The number of benzene rings is 1. The zero-order valence-corrected chi connectivity index (χ0v) is 19.4. The Labute approximate surface area is 203 Å². The first-order chi connectivity index (χ1) is 17.2. The third kappa shape index (κ3) is 2.85. The van der Waals surface area contributed by atoms with Crippen molar-refractivity contribution in [2.75, 3.05) is 29.5 Å². The molecule has 4 aliphatic rings. The molecule has 190 valence electrons. The minimum Gasteiger partial charge on any atom is -0.447 e. The number of rotatable bonds is 2. The Hall–Kier alpha value is -3.78. The molecular formula is C22H23FN6O7. The summed E-state index contributed by atoms with van der Waals surface area (Å²) in [5.41, 5.74) is 4.28. The number of nitrogens with zero attached hydrogens (tertiary/aromatic N) is 3. The van der Waals surface area contributed by atoms with E-state index in [0.29, 0.717) is 5.56 Å². The molecule has 36 heavy (non-hydrogen) atoms. The molecule has 4 aliphatic heterocycles. The van der Waals surface area contributed by atoms with Gasteiger partial charge in [-0.3, -0.25) is 25.1 Å². The number of carbonyl (C=O) groups is 4. The summed E-state index contributed by atoms with van der Waals surface area (Å²) in [6.45, 7) is 3.80. The maximum Gasteiger partial charge on any atom is 0.416 e. The summed E-state index contributed by atoms with van der Waals surface area (Å²) < 4.78 is 32.5. The number of barbiturate groups is 1. The van der Waals surface area contributed by atoms with Crippen molar-refractivity contribution in [3.63, 3.8) is 0 Å². The van der Waals surface area contributed by atoms with E-state index in [2.05, 4.69) is 15.8 Å². The molecule has 13 nitrogen and oxygen atoms in total. The Morgan fingerprint density at radius 3 is 2.64 bits per heavy atom. The van der Waals surface area contributed by atoms with Crippen molar-refractivity contribution in [1.82, 2.24) is 15.8 Å². The number of urea groups is 1. The van der Waals surface area contributed by atoms with Crippen LogP contribution in [0.15, 0.2) is 10.6 Å². The fourth-order valence-electron chi connectivity index (χ4n) is 6.00. The first-order valence-electron chi connectivity index (χ1n) is 11.5. The predicted octanol–water partition coefficient (Wildman–Crippen LogP) is 0.142. The summed E-state index contributed by atoms with van der Waals surface area (Å²) in [4.78, 5) is 53.7. The normalized spacial score (nSPS) is 29.2. The molecule has 0 bridgehead atoms. The molecule has 0 saturated carbocycles. The van der Waals surface area contributed by atoms with Gasteiger partial charge in [0.2, 0.25) is 17.4 Å². The van der Waals surface area contributed by atoms with Crippen LogP contribution in [0.3, 0.4) is 0 Å². The summed E-state index contributed by atoms with van der Waals surface area (Å²) in [6.07, 6.45) is -1.92. The van der Waals surface area contributed by atoms with Gasteiger partial charge in [0.15, 0.2) is 17.1 Å². The van der Waals surface area contributed by atoms with Crippen LogP contribution in [0.2, 0.25) is 0 Å². The average Bonchev–Trinajstić information content (AvgIpc) is 3.39. The third-order valence-corrected chi connectivity index (χ3v) is 7.41. The van der Waals surface area contributed by atoms with Crippen molar-refractivity contribution in [3.05, 3.63) is 17.4 Å². The van der Waals surface area contributed by atoms with Crippen LogP contribution in [0.25, 0.3) is 11.0 Å². The van der Waals surface area contributed by atoms with Gasteiger partial charge in [-0.2, -0.15) is 0 Å². The number of ether oxygens (including phenoxy) is 2. The van der Waals surface area contributed by atoms with Gasteiger partial charge in [-0.25, -0.2) is 14.0 Å². The van der Waals surface area contributed by atoms with Gasteiger partial charge in [-0.15, -0.1) is 0 Å². The van der Waals surface area contributed by atoms with Crippen LogP contribution in [0.5, 0.6) is 0 Å². The number of amides is 5. The molecule has 6 rings (SSSR count). The van der Waals surface area contributed by atoms with E-state index in [1.54, 1.807) is 24.8 Å². The summed E-state index contributed by atoms with van der Waals surface area (Å²) in [6, 6.07) is -0.797. The fraction of sp³-hybridized carbons (Fsp3) is 0.500. The van der Waals surface area contributed by atoms with E-state index >= 15 is 4.39 Å². The predicted molar refractivity (Wildman–Crippen MR) is 120 cm³/mol. The number of nitrogens with two attached hydrogens (primary N) is 1. The third-order valence-electron chi connectivity index (χ3n) is 7.41. The lowest BCUT2D eigenvalue weighted by Crippen LogP contribution is -2.75. The molecule has 14 heteroatoms. The molecular weight excluding hydrogens is 479 g/mol. The Morgan fingerprint density at radius 1 is 1.22 bits per heavy atom. The van der Waals surface area contributed by atoms with E-state index < -0.39 is 53.4 Å². The maximum atomic E-state index is 16.1. The molecule has 2 aromatic rings. The topological polar surface area (TPSA) is 169 Å². The second kappa shape index (κ2) is 7.61. The second-order valence-electron chi connectivity index (χ2n) is 9.55. The number of imide groups is 2. The largest absolute Gasteiger partial charge is 0.447 e. The molecule has 3 saturated heterocycles. The van der Waals surface area contributed by atoms with Crippen LogP contribution in [-0.4, -0.2) is 73.1 Å². The van der Waals surface area contributed by atoms with E-state index in [1.807, 2.05) is 0 Å². The number of aromatic nitrogens is 1. The van der Waals surface area contributed by atoms with Crippen LogP contribution < -0.4 is 26.2 Å². The van der Waals surface area contributed by atoms with Crippen LogP contribution in [0.1, 0.15) is 19.4 Å². The number of halogens is 1. The molecule has 4 N–H and O–H groups in total. The highest BCUT2D eigenvalue weighted by molar-refractivity contribution is 6.20. The van der Waals surface area contributed by atoms with Gasteiger partial charge in [-0.1, -0.05) is 5.16 Å². The van der Waals surface area contributed by atoms with Gasteiger partial charge in [0.05, 0.1) is 35.4 Å². The summed E-state index contributed by atoms with van der Waals surface area (Å²) >= 11 is 0. The number of carbonyl (C=O) groups excluding carboxylic acids is 4. The fourth-order valence-corrected chi connectivity index (χ4v) is 6.00. The Kier molecular flexibility index (Phi) is 4.79. The SMILES string of the molecule is C[C@@H]1CN2c3c(cc4c(N5C(=O)OC[C@@H]5CN)noc4c3F)CC3(C(=O)NC(=O)NC3=O)[C@H]2[C@H](C)O1. The number of hydrogen-bond donors (Lipinski definition) is 3. The zero-order valence-electron chi connectivity index (χ0n) is 19.4. The molecule has 3 fully saturated rings.